The van der Waals surface area contributed by atoms with Crippen LogP contribution in [-0.4, -0.2) is 15.6 Å². The predicted octanol–water partition coefficient (Wildman–Crippen LogP) is 3.47. The van der Waals surface area contributed by atoms with Crippen LogP contribution >= 0.6 is 22.6 Å². The van der Waals surface area contributed by atoms with E-state index in [4.69, 9.17) is 4.42 Å². The minimum absolute atomic E-state index is 0.0220. The number of furan rings is 1. The van der Waals surface area contributed by atoms with Gasteiger partial charge in [-0.3, -0.25) is 4.79 Å². The van der Waals surface area contributed by atoms with Gasteiger partial charge in [0.05, 0.1) is 5.39 Å². The molecule has 5 nitrogen and oxygen atoms in total. The predicted molar refractivity (Wildman–Crippen MR) is 95.1 cm³/mol. The van der Waals surface area contributed by atoms with Crippen molar-refractivity contribution in [1.82, 2.24) is 4.57 Å². The van der Waals surface area contributed by atoms with Crippen LogP contribution in [0.15, 0.2) is 33.5 Å². The van der Waals surface area contributed by atoms with Gasteiger partial charge in [-0.15, -0.1) is 0 Å². The summed E-state index contributed by atoms with van der Waals surface area (Å²) in [6.07, 6.45) is -0.0220. The van der Waals surface area contributed by atoms with Gasteiger partial charge in [0.1, 0.15) is 17.1 Å². The van der Waals surface area contributed by atoms with Crippen molar-refractivity contribution < 1.29 is 18.7 Å². The largest absolute Gasteiger partial charge is 0.477 e. The van der Waals surface area contributed by atoms with Crippen LogP contribution in [-0.2, 0) is 13.5 Å². The first-order valence-electron chi connectivity index (χ1n) is 7.08. The molecule has 0 aliphatic carbocycles. The first kappa shape index (κ1) is 16.7. The first-order valence-corrected chi connectivity index (χ1v) is 8.16. The van der Waals surface area contributed by atoms with Crippen LogP contribution in [0.25, 0.3) is 11.0 Å². The number of aromatic nitrogens is 1. The average molecular weight is 441 g/mol. The zero-order chi connectivity index (χ0) is 17.6. The van der Waals surface area contributed by atoms with Crippen molar-refractivity contribution in [2.45, 2.75) is 13.3 Å². The van der Waals surface area contributed by atoms with E-state index < -0.39 is 11.8 Å². The lowest BCUT2D eigenvalue weighted by atomic mass is 10.0. The van der Waals surface area contributed by atoms with Gasteiger partial charge >= 0.3 is 5.97 Å². The number of carboxylic acids is 1. The molecular formula is C17H13FINO4. The number of hydrogen-bond donors (Lipinski definition) is 1. The molecule has 1 aromatic carbocycles. The Balaban J connectivity index is 2.30. The van der Waals surface area contributed by atoms with Crippen molar-refractivity contribution >= 4 is 39.5 Å². The monoisotopic (exact) mass is 441 g/mol. The highest BCUT2D eigenvalue weighted by Crippen LogP contribution is 2.25. The number of carboxylic acid groups (broad SMARTS) is 1. The van der Waals surface area contributed by atoms with Crippen LogP contribution in [0.1, 0.15) is 27.4 Å². The Hall–Kier alpha value is -2.16. The molecule has 124 valence electrons. The second kappa shape index (κ2) is 6.04. The number of carbonyl (C=O) groups is 1. The highest BCUT2D eigenvalue weighted by Gasteiger charge is 2.24. The van der Waals surface area contributed by atoms with Gasteiger partial charge in [0.15, 0.2) is 5.58 Å². The maximum atomic E-state index is 14.2. The van der Waals surface area contributed by atoms with Gasteiger partial charge in [0.2, 0.25) is 0 Å². The molecule has 1 N–H and O–H groups in total. The number of pyridine rings is 1. The van der Waals surface area contributed by atoms with Crippen molar-refractivity contribution in [2.24, 2.45) is 7.05 Å². The first-order chi connectivity index (χ1) is 11.3. The molecule has 0 unspecified atom stereocenters. The van der Waals surface area contributed by atoms with E-state index in [-0.39, 0.29) is 34.2 Å². The number of hydrogen-bond acceptors (Lipinski definition) is 3. The van der Waals surface area contributed by atoms with Crippen LogP contribution in [0.5, 0.6) is 0 Å². The van der Waals surface area contributed by atoms with Crippen molar-refractivity contribution in [3.8, 4) is 0 Å². The average Bonchev–Trinajstić information content (AvgIpc) is 2.88. The molecule has 0 spiro atoms. The van der Waals surface area contributed by atoms with Crippen molar-refractivity contribution in [1.29, 1.82) is 0 Å². The fourth-order valence-corrected chi connectivity index (χ4v) is 3.19. The Morgan fingerprint density at radius 1 is 1.38 bits per heavy atom. The molecule has 0 aliphatic rings. The van der Waals surface area contributed by atoms with Crippen LogP contribution in [0.4, 0.5) is 4.39 Å². The highest BCUT2D eigenvalue weighted by atomic mass is 127. The van der Waals surface area contributed by atoms with Crippen molar-refractivity contribution in [2.75, 3.05) is 0 Å². The van der Waals surface area contributed by atoms with E-state index in [9.17, 15) is 19.1 Å². The van der Waals surface area contributed by atoms with Gasteiger partial charge in [-0.05, 0) is 53.3 Å². The molecule has 7 heteroatoms. The van der Waals surface area contributed by atoms with E-state index in [1.807, 2.05) is 22.6 Å². The summed E-state index contributed by atoms with van der Waals surface area (Å²) in [6, 6.07) is 6.20. The summed E-state index contributed by atoms with van der Waals surface area (Å²) in [7, 11) is 1.48. The van der Waals surface area contributed by atoms with Crippen LogP contribution in [0.3, 0.4) is 0 Å². The summed E-state index contributed by atoms with van der Waals surface area (Å²) >= 11 is 1.99. The molecule has 0 amide bonds. The molecule has 0 saturated carbocycles. The fraction of sp³-hybridized carbons (Fsp3) is 0.176. The standard InChI is InChI=1S/C17H13FINO4/c1-8-5-11-15(24-8)14(17(22)23)13(20(2)16(11)21)6-9-3-4-10(19)7-12(9)18/h3-5,7H,6H2,1-2H3,(H,22,23). The molecule has 3 rings (SSSR count). The van der Waals surface area contributed by atoms with Gasteiger partial charge in [-0.2, -0.15) is 0 Å². The molecule has 2 aromatic heterocycles. The Morgan fingerprint density at radius 3 is 2.71 bits per heavy atom. The third-order valence-electron chi connectivity index (χ3n) is 3.90. The van der Waals surface area contributed by atoms with E-state index >= 15 is 0 Å². The molecule has 0 aliphatic heterocycles. The van der Waals surface area contributed by atoms with Gasteiger partial charge in [0, 0.05) is 22.7 Å². The number of aromatic carboxylic acids is 1. The lowest BCUT2D eigenvalue weighted by Crippen LogP contribution is -2.24. The van der Waals surface area contributed by atoms with E-state index in [2.05, 4.69) is 0 Å². The Labute approximate surface area is 149 Å². The maximum absolute atomic E-state index is 14.2. The van der Waals surface area contributed by atoms with Crippen LogP contribution < -0.4 is 5.56 Å². The zero-order valence-corrected chi connectivity index (χ0v) is 15.0. The zero-order valence-electron chi connectivity index (χ0n) is 12.9. The van der Waals surface area contributed by atoms with E-state index in [1.54, 1.807) is 19.1 Å². The van der Waals surface area contributed by atoms with E-state index in [0.717, 1.165) is 3.57 Å². The highest BCUT2D eigenvalue weighted by molar-refractivity contribution is 14.1. The number of rotatable bonds is 3. The fourth-order valence-electron chi connectivity index (χ4n) is 2.73. The summed E-state index contributed by atoms with van der Waals surface area (Å²) in [4.78, 5) is 24.2. The van der Waals surface area contributed by atoms with Gasteiger partial charge in [0.25, 0.3) is 5.56 Å². The number of halogens is 2. The van der Waals surface area contributed by atoms with Crippen LogP contribution in [0.2, 0.25) is 0 Å². The molecule has 0 saturated heterocycles. The Bertz CT molecular complexity index is 1040. The minimum Gasteiger partial charge on any atom is -0.477 e. The SMILES string of the molecule is Cc1cc2c(=O)n(C)c(Cc3ccc(I)cc3F)c(C(=O)O)c2o1. The third kappa shape index (κ3) is 2.72. The maximum Gasteiger partial charge on any atom is 0.341 e. The van der Waals surface area contributed by atoms with E-state index in [1.165, 1.54) is 23.7 Å². The Morgan fingerprint density at radius 2 is 2.08 bits per heavy atom. The second-order valence-corrected chi connectivity index (χ2v) is 6.75. The topological polar surface area (TPSA) is 72.4 Å². The Kier molecular flexibility index (Phi) is 4.20. The summed E-state index contributed by atoms with van der Waals surface area (Å²) in [5.41, 5.74) is 0.0694. The summed E-state index contributed by atoms with van der Waals surface area (Å²) < 4.78 is 21.6. The number of nitrogens with zero attached hydrogens (tertiary/aromatic N) is 1. The minimum atomic E-state index is -1.22. The van der Waals surface area contributed by atoms with Crippen molar-refractivity contribution in [3.05, 3.63) is 66.6 Å². The van der Waals surface area contributed by atoms with E-state index in [0.29, 0.717) is 11.3 Å². The number of benzene rings is 1. The summed E-state index contributed by atoms with van der Waals surface area (Å²) in [5.74, 6) is -1.21. The van der Waals surface area contributed by atoms with Crippen LogP contribution in [0, 0.1) is 16.3 Å². The number of fused-ring (bicyclic) bond motifs is 1. The molecule has 24 heavy (non-hydrogen) atoms. The van der Waals surface area contributed by atoms with Crippen molar-refractivity contribution in [3.63, 3.8) is 0 Å². The molecule has 3 aromatic rings. The lowest BCUT2D eigenvalue weighted by Gasteiger charge is -2.13. The smallest absolute Gasteiger partial charge is 0.341 e. The molecule has 2 heterocycles. The molecule has 0 fully saturated rings. The molecule has 0 radical (unpaired) electrons. The number of aryl methyl sites for hydroxylation is 1. The third-order valence-corrected chi connectivity index (χ3v) is 4.57. The van der Waals surface area contributed by atoms with Gasteiger partial charge < -0.3 is 14.1 Å². The molecule has 0 bridgehead atoms. The molecule has 0 atom stereocenters. The second-order valence-electron chi connectivity index (χ2n) is 5.50. The normalized spacial score (nSPS) is 11.2. The van der Waals surface area contributed by atoms with Gasteiger partial charge in [-0.25, -0.2) is 9.18 Å². The van der Waals surface area contributed by atoms with Gasteiger partial charge in [-0.1, -0.05) is 6.07 Å². The lowest BCUT2D eigenvalue weighted by molar-refractivity contribution is 0.0695. The quantitative estimate of drug-likeness (QED) is 0.632. The summed E-state index contributed by atoms with van der Waals surface area (Å²) in [5, 5.41) is 9.82. The molecular weight excluding hydrogens is 428 g/mol. The summed E-state index contributed by atoms with van der Waals surface area (Å²) in [6.45, 7) is 1.64.